The molecule has 0 aliphatic rings. The number of benzene rings is 1. The van der Waals surface area contributed by atoms with Crippen molar-refractivity contribution in [2.24, 2.45) is 0 Å². The zero-order valence-electron chi connectivity index (χ0n) is 9.57. The number of hydrogen-bond donors (Lipinski definition) is 1. The Balaban J connectivity index is 2.17. The Morgan fingerprint density at radius 2 is 1.94 bits per heavy atom. The minimum absolute atomic E-state index is 0.0283. The lowest BCUT2D eigenvalue weighted by Gasteiger charge is -2.04. The van der Waals surface area contributed by atoms with Crippen LogP contribution in [0.25, 0.3) is 0 Å². The van der Waals surface area contributed by atoms with Gasteiger partial charge in [0, 0.05) is 6.42 Å². The van der Waals surface area contributed by atoms with Crippen LogP contribution < -0.4 is 4.74 Å². The number of carbonyl (C=O) groups is 1. The minimum atomic E-state index is -0.866. The molecule has 0 heterocycles. The van der Waals surface area contributed by atoms with Gasteiger partial charge in [-0.05, 0) is 37.1 Å². The number of ether oxygens (including phenoxy) is 1. The highest BCUT2D eigenvalue weighted by Gasteiger charge is 2.05. The third-order valence-corrected chi connectivity index (χ3v) is 2.04. The maximum atomic E-state index is 11.3. The first-order valence-corrected chi connectivity index (χ1v) is 5.35. The Hall–Kier alpha value is -2.31. The lowest BCUT2D eigenvalue weighted by atomic mass is 10.2. The number of phenolic OH excluding ortho intramolecular Hbond substituents is 1. The van der Waals surface area contributed by atoms with E-state index in [1.165, 1.54) is 24.3 Å². The van der Waals surface area contributed by atoms with Crippen LogP contribution >= 0.6 is 0 Å². The lowest BCUT2D eigenvalue weighted by molar-refractivity contribution is -0.757. The van der Waals surface area contributed by atoms with Gasteiger partial charge in [0.05, 0.1) is 6.61 Å². The Labute approximate surface area is 103 Å². The Bertz CT molecular complexity index is 402. The molecule has 18 heavy (non-hydrogen) atoms. The summed E-state index contributed by atoms with van der Waals surface area (Å²) in [7, 11) is 0. The SMILES string of the molecule is O=C(CCCCO[N+](=O)[O-])Oc1ccc(O)cc1. The van der Waals surface area contributed by atoms with Gasteiger partial charge in [0.2, 0.25) is 0 Å². The number of carbonyl (C=O) groups excluding carboxylic acids is 1. The predicted octanol–water partition coefficient (Wildman–Crippen LogP) is 1.68. The quantitative estimate of drug-likeness (QED) is 0.261. The third-order valence-electron chi connectivity index (χ3n) is 2.04. The second-order valence-corrected chi connectivity index (χ2v) is 3.48. The largest absolute Gasteiger partial charge is 0.508 e. The van der Waals surface area contributed by atoms with E-state index in [0.717, 1.165) is 0 Å². The molecule has 7 nitrogen and oxygen atoms in total. The molecule has 0 unspecified atom stereocenters. The standard InChI is InChI=1S/C11H13NO6/c13-9-4-6-10(7-5-9)18-11(14)3-1-2-8-17-12(15)16/h4-7,13H,1-3,8H2. The van der Waals surface area contributed by atoms with Crippen LogP contribution in [0.4, 0.5) is 0 Å². The summed E-state index contributed by atoms with van der Waals surface area (Å²) in [4.78, 5) is 25.3. The van der Waals surface area contributed by atoms with E-state index in [-0.39, 0.29) is 18.8 Å². The molecule has 0 fully saturated rings. The Kier molecular flexibility index (Phi) is 5.43. The van der Waals surface area contributed by atoms with Crippen LogP contribution in [0.5, 0.6) is 11.5 Å². The van der Waals surface area contributed by atoms with Gasteiger partial charge in [0.15, 0.2) is 0 Å². The molecular weight excluding hydrogens is 242 g/mol. The van der Waals surface area contributed by atoms with E-state index in [0.29, 0.717) is 18.6 Å². The molecule has 0 amide bonds. The number of phenols is 1. The van der Waals surface area contributed by atoms with E-state index in [4.69, 9.17) is 9.84 Å². The zero-order valence-corrected chi connectivity index (χ0v) is 9.57. The van der Waals surface area contributed by atoms with Gasteiger partial charge < -0.3 is 14.7 Å². The molecule has 0 bridgehead atoms. The first kappa shape index (κ1) is 13.8. The third kappa shape index (κ3) is 5.69. The molecule has 0 atom stereocenters. The number of unbranched alkanes of at least 4 members (excludes halogenated alkanes) is 1. The minimum Gasteiger partial charge on any atom is -0.508 e. The normalized spacial score (nSPS) is 9.78. The van der Waals surface area contributed by atoms with Crippen LogP contribution in [0.15, 0.2) is 24.3 Å². The number of aromatic hydroxyl groups is 1. The van der Waals surface area contributed by atoms with Crippen molar-refractivity contribution in [1.29, 1.82) is 0 Å². The maximum absolute atomic E-state index is 11.3. The van der Waals surface area contributed by atoms with Crippen molar-refractivity contribution in [2.45, 2.75) is 19.3 Å². The first-order valence-electron chi connectivity index (χ1n) is 5.35. The summed E-state index contributed by atoms with van der Waals surface area (Å²) in [5.41, 5.74) is 0. The molecule has 0 aliphatic carbocycles. The van der Waals surface area contributed by atoms with Gasteiger partial charge >= 0.3 is 5.97 Å². The fraction of sp³-hybridized carbons (Fsp3) is 0.364. The molecule has 1 N–H and O–H groups in total. The van der Waals surface area contributed by atoms with Crippen LogP contribution in [-0.2, 0) is 9.63 Å². The smallest absolute Gasteiger partial charge is 0.311 e. The van der Waals surface area contributed by atoms with Crippen molar-refractivity contribution < 1.29 is 24.6 Å². The summed E-state index contributed by atoms with van der Waals surface area (Å²) in [6, 6.07) is 5.77. The second-order valence-electron chi connectivity index (χ2n) is 3.48. The molecular formula is C11H13NO6. The van der Waals surface area contributed by atoms with Crippen LogP contribution in [0.1, 0.15) is 19.3 Å². The predicted molar refractivity (Wildman–Crippen MR) is 60.5 cm³/mol. The van der Waals surface area contributed by atoms with Crippen molar-refractivity contribution in [3.05, 3.63) is 34.4 Å². The topological polar surface area (TPSA) is 98.9 Å². The highest BCUT2D eigenvalue weighted by Crippen LogP contribution is 2.16. The Morgan fingerprint density at radius 3 is 2.56 bits per heavy atom. The molecule has 7 heteroatoms. The number of esters is 1. The maximum Gasteiger partial charge on any atom is 0.311 e. The first-order chi connectivity index (χ1) is 8.58. The van der Waals surface area contributed by atoms with Gasteiger partial charge in [-0.15, -0.1) is 10.1 Å². The van der Waals surface area contributed by atoms with Crippen LogP contribution in [0, 0.1) is 10.1 Å². The fourth-order valence-electron chi connectivity index (χ4n) is 1.21. The molecule has 0 saturated carbocycles. The van der Waals surface area contributed by atoms with Crippen molar-refractivity contribution >= 4 is 5.97 Å². The van der Waals surface area contributed by atoms with E-state index >= 15 is 0 Å². The van der Waals surface area contributed by atoms with E-state index in [1.54, 1.807) is 0 Å². The number of rotatable bonds is 7. The van der Waals surface area contributed by atoms with Crippen LogP contribution in [0.3, 0.4) is 0 Å². The molecule has 0 radical (unpaired) electrons. The molecule has 1 aromatic carbocycles. The highest BCUT2D eigenvalue weighted by molar-refractivity contribution is 5.72. The summed E-state index contributed by atoms with van der Waals surface area (Å²) in [6.45, 7) is -0.0283. The zero-order chi connectivity index (χ0) is 13.4. The van der Waals surface area contributed by atoms with Crippen LogP contribution in [-0.4, -0.2) is 22.8 Å². The molecule has 1 aromatic rings. The van der Waals surface area contributed by atoms with Crippen LogP contribution in [0.2, 0.25) is 0 Å². The molecule has 98 valence electrons. The molecule has 0 aliphatic heterocycles. The summed E-state index contributed by atoms with van der Waals surface area (Å²) < 4.78 is 4.97. The average molecular weight is 255 g/mol. The van der Waals surface area contributed by atoms with Gasteiger partial charge in [-0.1, -0.05) is 0 Å². The van der Waals surface area contributed by atoms with Gasteiger partial charge in [0.25, 0.3) is 5.09 Å². The molecule has 0 saturated heterocycles. The second kappa shape index (κ2) is 7.10. The van der Waals surface area contributed by atoms with Gasteiger partial charge in [-0.25, -0.2) is 0 Å². The van der Waals surface area contributed by atoms with Crippen molar-refractivity contribution in [3.63, 3.8) is 0 Å². The fourth-order valence-corrected chi connectivity index (χ4v) is 1.21. The summed E-state index contributed by atoms with van der Waals surface area (Å²) >= 11 is 0. The van der Waals surface area contributed by atoms with Gasteiger partial charge in [0.1, 0.15) is 11.5 Å². The van der Waals surface area contributed by atoms with Crippen molar-refractivity contribution in [2.75, 3.05) is 6.61 Å². The van der Waals surface area contributed by atoms with Gasteiger partial charge in [-0.2, -0.15) is 0 Å². The average Bonchev–Trinajstić information content (AvgIpc) is 2.31. The van der Waals surface area contributed by atoms with E-state index in [2.05, 4.69) is 4.84 Å². The Morgan fingerprint density at radius 1 is 1.28 bits per heavy atom. The van der Waals surface area contributed by atoms with E-state index in [9.17, 15) is 14.9 Å². The monoisotopic (exact) mass is 255 g/mol. The van der Waals surface area contributed by atoms with E-state index < -0.39 is 11.1 Å². The van der Waals surface area contributed by atoms with Crippen molar-refractivity contribution in [3.8, 4) is 11.5 Å². The molecule has 0 aromatic heterocycles. The summed E-state index contributed by atoms with van der Waals surface area (Å²) in [5, 5.41) is 18.0. The number of nitrogens with zero attached hydrogens (tertiary/aromatic N) is 1. The lowest BCUT2D eigenvalue weighted by Crippen LogP contribution is -2.08. The van der Waals surface area contributed by atoms with E-state index in [1.807, 2.05) is 0 Å². The number of hydrogen-bond acceptors (Lipinski definition) is 6. The van der Waals surface area contributed by atoms with Crippen molar-refractivity contribution in [1.82, 2.24) is 0 Å². The summed E-state index contributed by atoms with van der Waals surface area (Å²) in [6.07, 6.45) is 1.01. The molecule has 1 rings (SSSR count). The summed E-state index contributed by atoms with van der Waals surface area (Å²) in [5.74, 6) is 0.00728. The molecule has 0 spiro atoms. The highest BCUT2D eigenvalue weighted by atomic mass is 16.9. The van der Waals surface area contributed by atoms with Gasteiger partial charge in [-0.3, -0.25) is 4.79 Å².